The van der Waals surface area contributed by atoms with Crippen LogP contribution in [0.4, 0.5) is 0 Å². The second-order valence-corrected chi connectivity index (χ2v) is 4.91. The highest BCUT2D eigenvalue weighted by molar-refractivity contribution is 7.18. The van der Waals surface area contributed by atoms with E-state index in [4.69, 9.17) is 11.6 Å². The molecule has 0 fully saturated rings. The molecule has 1 aromatic carbocycles. The van der Waals surface area contributed by atoms with Crippen molar-refractivity contribution in [2.75, 3.05) is 0 Å². The molecule has 78 valence electrons. The molecule has 2 rings (SSSR count). The monoisotopic (exact) mass is 239 g/mol. The van der Waals surface area contributed by atoms with Crippen LogP contribution in [-0.2, 0) is 4.79 Å². The number of aromatic nitrogens is 1. The molecule has 0 saturated carbocycles. The molecular formula is C11H10ClNOS. The molecule has 1 atom stereocenters. The Labute approximate surface area is 96.9 Å². The number of nitrogens with zero attached hydrogens (tertiary/aromatic N) is 1. The van der Waals surface area contributed by atoms with E-state index in [9.17, 15) is 4.79 Å². The van der Waals surface area contributed by atoms with Crippen molar-refractivity contribution in [3.05, 3.63) is 28.2 Å². The molecule has 4 heteroatoms. The predicted molar refractivity (Wildman–Crippen MR) is 63.7 cm³/mol. The van der Waals surface area contributed by atoms with E-state index in [1.54, 1.807) is 11.3 Å². The number of hydrogen-bond acceptors (Lipinski definition) is 3. The first-order valence-electron chi connectivity index (χ1n) is 4.71. The first-order chi connectivity index (χ1) is 7.22. The van der Waals surface area contributed by atoms with Crippen molar-refractivity contribution in [3.63, 3.8) is 0 Å². The van der Waals surface area contributed by atoms with Crippen molar-refractivity contribution in [3.8, 4) is 0 Å². The zero-order valence-corrected chi connectivity index (χ0v) is 9.81. The van der Waals surface area contributed by atoms with Crippen molar-refractivity contribution in [1.82, 2.24) is 4.98 Å². The second kappa shape index (κ2) is 4.29. The van der Waals surface area contributed by atoms with E-state index in [1.807, 2.05) is 25.1 Å². The highest BCUT2D eigenvalue weighted by atomic mass is 35.5. The van der Waals surface area contributed by atoms with Gasteiger partial charge in [0.1, 0.15) is 11.8 Å². The fourth-order valence-corrected chi connectivity index (χ4v) is 2.72. The van der Waals surface area contributed by atoms with Gasteiger partial charge < -0.3 is 4.79 Å². The molecule has 1 aromatic heterocycles. The molecule has 0 bridgehead atoms. The van der Waals surface area contributed by atoms with E-state index in [2.05, 4.69) is 4.98 Å². The number of rotatable bonds is 3. The maximum absolute atomic E-state index is 10.4. The van der Waals surface area contributed by atoms with Gasteiger partial charge in [-0.25, -0.2) is 4.98 Å². The van der Waals surface area contributed by atoms with Gasteiger partial charge in [0.05, 0.1) is 14.7 Å². The topological polar surface area (TPSA) is 30.0 Å². The molecule has 0 aliphatic rings. The van der Waals surface area contributed by atoms with Gasteiger partial charge in [0.25, 0.3) is 0 Å². The Bertz CT molecular complexity index is 494. The van der Waals surface area contributed by atoms with Crippen LogP contribution < -0.4 is 0 Å². The average Bonchev–Trinajstić information content (AvgIpc) is 2.63. The van der Waals surface area contributed by atoms with Crippen molar-refractivity contribution in [1.29, 1.82) is 0 Å². The van der Waals surface area contributed by atoms with Crippen molar-refractivity contribution >= 4 is 39.4 Å². The number of hydrogen-bond donors (Lipinski definition) is 0. The minimum absolute atomic E-state index is 0.177. The second-order valence-electron chi connectivity index (χ2n) is 3.44. The van der Waals surface area contributed by atoms with Crippen molar-refractivity contribution in [2.24, 2.45) is 0 Å². The van der Waals surface area contributed by atoms with Crippen molar-refractivity contribution < 1.29 is 4.79 Å². The maximum atomic E-state index is 10.4. The van der Waals surface area contributed by atoms with Gasteiger partial charge >= 0.3 is 0 Å². The lowest BCUT2D eigenvalue weighted by atomic mass is 10.1. The molecule has 2 aromatic rings. The number of aldehydes is 1. The van der Waals surface area contributed by atoms with Gasteiger partial charge in [-0.15, -0.1) is 11.3 Å². The minimum Gasteiger partial charge on any atom is -0.303 e. The van der Waals surface area contributed by atoms with E-state index in [-0.39, 0.29) is 5.92 Å². The van der Waals surface area contributed by atoms with Gasteiger partial charge in [-0.05, 0) is 12.1 Å². The zero-order valence-electron chi connectivity index (χ0n) is 8.24. The summed E-state index contributed by atoms with van der Waals surface area (Å²) < 4.78 is 1.08. The quantitative estimate of drug-likeness (QED) is 0.766. The van der Waals surface area contributed by atoms with E-state index in [0.717, 1.165) is 21.5 Å². The number of carbonyl (C=O) groups excluding carboxylic acids is 1. The predicted octanol–water partition coefficient (Wildman–Crippen LogP) is 3.64. The third-order valence-corrected chi connectivity index (χ3v) is 3.81. The number of benzene rings is 1. The fourth-order valence-electron chi connectivity index (χ4n) is 1.39. The van der Waals surface area contributed by atoms with Gasteiger partial charge in [-0.3, -0.25) is 0 Å². The summed E-state index contributed by atoms with van der Waals surface area (Å²) in [5.41, 5.74) is 0.844. The highest BCUT2D eigenvalue weighted by Gasteiger charge is 2.12. The van der Waals surface area contributed by atoms with Crippen LogP contribution in [0.1, 0.15) is 24.3 Å². The van der Waals surface area contributed by atoms with Crippen LogP contribution in [-0.4, -0.2) is 11.3 Å². The fraction of sp³-hybridized carbons (Fsp3) is 0.273. The maximum Gasteiger partial charge on any atom is 0.120 e. The van der Waals surface area contributed by atoms with Crippen LogP contribution in [0.3, 0.4) is 0 Å². The largest absolute Gasteiger partial charge is 0.303 e. The Morgan fingerprint density at radius 1 is 1.60 bits per heavy atom. The summed E-state index contributed by atoms with van der Waals surface area (Å²) in [6.45, 7) is 2.00. The number of halogens is 1. The molecule has 1 heterocycles. The average molecular weight is 240 g/mol. The number of fused-ring (bicyclic) bond motifs is 1. The first kappa shape index (κ1) is 10.6. The van der Waals surface area contributed by atoms with Crippen LogP contribution in [0.25, 0.3) is 10.2 Å². The molecule has 0 saturated heterocycles. The molecule has 0 aliphatic carbocycles. The summed E-state index contributed by atoms with van der Waals surface area (Å²) in [6.07, 6.45) is 1.44. The van der Waals surface area contributed by atoms with Gasteiger partial charge in [0.15, 0.2) is 0 Å². The van der Waals surface area contributed by atoms with Crippen LogP contribution in [0.2, 0.25) is 5.02 Å². The zero-order chi connectivity index (χ0) is 10.8. The Kier molecular flexibility index (Phi) is 3.03. The summed E-state index contributed by atoms with van der Waals surface area (Å²) in [7, 11) is 0. The van der Waals surface area contributed by atoms with Gasteiger partial charge in [0.2, 0.25) is 0 Å². The molecule has 1 unspecified atom stereocenters. The number of thiazole rings is 1. The molecular weight excluding hydrogens is 230 g/mol. The summed E-state index contributed by atoms with van der Waals surface area (Å²) in [5.74, 6) is 0.177. The Morgan fingerprint density at radius 2 is 2.40 bits per heavy atom. The Morgan fingerprint density at radius 3 is 3.07 bits per heavy atom. The summed E-state index contributed by atoms with van der Waals surface area (Å²) in [4.78, 5) is 14.9. The summed E-state index contributed by atoms with van der Waals surface area (Å²) in [5, 5.41) is 1.65. The smallest absolute Gasteiger partial charge is 0.120 e. The van der Waals surface area contributed by atoms with Crippen LogP contribution in [0, 0.1) is 0 Å². The van der Waals surface area contributed by atoms with Gasteiger partial charge in [0, 0.05) is 12.3 Å². The lowest BCUT2D eigenvalue weighted by Gasteiger charge is -2.00. The standard InChI is InChI=1S/C11H10ClNOS/c1-7(5-6-14)11-13-10-8(12)3-2-4-9(10)15-11/h2-4,6-7H,5H2,1H3. The molecule has 15 heavy (non-hydrogen) atoms. The molecule has 0 spiro atoms. The van der Waals surface area contributed by atoms with E-state index in [0.29, 0.717) is 11.4 Å². The van der Waals surface area contributed by atoms with E-state index >= 15 is 0 Å². The molecule has 0 N–H and O–H groups in total. The third-order valence-electron chi connectivity index (χ3n) is 2.26. The number of carbonyl (C=O) groups is 1. The minimum atomic E-state index is 0.177. The Balaban J connectivity index is 2.47. The summed E-state index contributed by atoms with van der Waals surface area (Å²) >= 11 is 7.63. The van der Waals surface area contributed by atoms with Crippen molar-refractivity contribution in [2.45, 2.75) is 19.3 Å². The Hall–Kier alpha value is -0.930. The SMILES string of the molecule is CC(CC=O)c1nc2c(Cl)cccc2s1. The van der Waals surface area contributed by atoms with Crippen LogP contribution in [0.15, 0.2) is 18.2 Å². The normalized spacial score (nSPS) is 12.9. The highest BCUT2D eigenvalue weighted by Crippen LogP contribution is 2.32. The van der Waals surface area contributed by atoms with E-state index < -0.39 is 0 Å². The summed E-state index contributed by atoms with van der Waals surface area (Å²) in [6, 6.07) is 5.74. The third kappa shape index (κ3) is 2.03. The van der Waals surface area contributed by atoms with Gasteiger partial charge in [-0.2, -0.15) is 0 Å². The van der Waals surface area contributed by atoms with Crippen LogP contribution >= 0.6 is 22.9 Å². The molecule has 0 radical (unpaired) electrons. The molecule has 0 aliphatic heterocycles. The lowest BCUT2D eigenvalue weighted by molar-refractivity contribution is -0.108. The van der Waals surface area contributed by atoms with E-state index in [1.165, 1.54) is 0 Å². The van der Waals surface area contributed by atoms with Crippen LogP contribution in [0.5, 0.6) is 0 Å². The lowest BCUT2D eigenvalue weighted by Crippen LogP contribution is -1.92. The first-order valence-corrected chi connectivity index (χ1v) is 5.90. The number of para-hydroxylation sites is 1. The molecule has 0 amide bonds. The molecule has 2 nitrogen and oxygen atoms in total. The van der Waals surface area contributed by atoms with Gasteiger partial charge in [-0.1, -0.05) is 24.6 Å².